The van der Waals surface area contributed by atoms with E-state index in [4.69, 9.17) is 0 Å². The first-order valence-corrected chi connectivity index (χ1v) is 4.17. The first-order chi connectivity index (χ1) is 6.72. The standard InChI is InChI=1S/C9H10F3NO2/c1-5-3-7(14)8(15)6(13(5)2)4-9(10,11)12/h3,15H,4H2,1-2H3. The second-order valence-corrected chi connectivity index (χ2v) is 3.30. The van der Waals surface area contributed by atoms with E-state index in [1.54, 1.807) is 0 Å². The van der Waals surface area contributed by atoms with Gasteiger partial charge in [-0.2, -0.15) is 13.2 Å². The van der Waals surface area contributed by atoms with Crippen molar-refractivity contribution in [1.29, 1.82) is 0 Å². The maximum absolute atomic E-state index is 12.1. The SMILES string of the molecule is Cc1cc(=O)c(O)c(CC(F)(F)F)n1C. The molecule has 0 aliphatic rings. The quantitative estimate of drug-likeness (QED) is 0.780. The number of aromatic nitrogens is 1. The van der Waals surface area contributed by atoms with Gasteiger partial charge in [-0.25, -0.2) is 0 Å². The van der Waals surface area contributed by atoms with Crippen molar-refractivity contribution < 1.29 is 18.3 Å². The van der Waals surface area contributed by atoms with Crippen molar-refractivity contribution in [2.24, 2.45) is 7.05 Å². The van der Waals surface area contributed by atoms with Gasteiger partial charge in [0.2, 0.25) is 5.43 Å². The van der Waals surface area contributed by atoms with Crippen molar-refractivity contribution in [3.8, 4) is 5.75 Å². The molecule has 6 heteroatoms. The lowest BCUT2D eigenvalue weighted by atomic mass is 10.2. The molecule has 1 aromatic heterocycles. The van der Waals surface area contributed by atoms with Gasteiger partial charge in [-0.05, 0) is 6.92 Å². The monoisotopic (exact) mass is 221 g/mol. The highest BCUT2D eigenvalue weighted by Gasteiger charge is 2.31. The molecule has 0 amide bonds. The third kappa shape index (κ3) is 2.51. The van der Waals surface area contributed by atoms with E-state index < -0.39 is 29.5 Å². The average Bonchev–Trinajstić information content (AvgIpc) is 2.08. The Labute approximate surface area is 83.8 Å². The van der Waals surface area contributed by atoms with Gasteiger partial charge < -0.3 is 9.67 Å². The Morgan fingerprint density at radius 2 is 2.00 bits per heavy atom. The summed E-state index contributed by atoms with van der Waals surface area (Å²) in [5.41, 5.74) is -0.825. The molecule has 84 valence electrons. The largest absolute Gasteiger partial charge is 0.503 e. The second kappa shape index (κ2) is 3.60. The van der Waals surface area contributed by atoms with Crippen LogP contribution in [0.3, 0.4) is 0 Å². The fourth-order valence-corrected chi connectivity index (χ4v) is 1.26. The van der Waals surface area contributed by atoms with Gasteiger partial charge in [-0.3, -0.25) is 4.79 Å². The molecule has 1 N–H and O–H groups in total. The molecule has 0 saturated carbocycles. The number of aryl methyl sites for hydroxylation is 1. The van der Waals surface area contributed by atoms with Gasteiger partial charge in [-0.15, -0.1) is 0 Å². The number of nitrogens with zero attached hydrogens (tertiary/aromatic N) is 1. The van der Waals surface area contributed by atoms with Crippen LogP contribution < -0.4 is 5.43 Å². The van der Waals surface area contributed by atoms with Crippen LogP contribution in [-0.4, -0.2) is 15.8 Å². The summed E-state index contributed by atoms with van der Waals surface area (Å²) in [4.78, 5) is 11.1. The van der Waals surface area contributed by atoms with Gasteiger partial charge in [-0.1, -0.05) is 0 Å². The molecule has 0 spiro atoms. The molecule has 0 unspecified atom stereocenters. The first kappa shape index (κ1) is 11.6. The van der Waals surface area contributed by atoms with E-state index in [9.17, 15) is 23.1 Å². The minimum atomic E-state index is -4.45. The number of hydrogen-bond donors (Lipinski definition) is 1. The van der Waals surface area contributed by atoms with E-state index >= 15 is 0 Å². The van der Waals surface area contributed by atoms with Crippen LogP contribution in [0.15, 0.2) is 10.9 Å². The topological polar surface area (TPSA) is 42.2 Å². The summed E-state index contributed by atoms with van der Waals surface area (Å²) in [6.45, 7) is 1.50. The van der Waals surface area contributed by atoms with Crippen LogP contribution in [0.4, 0.5) is 13.2 Å². The Morgan fingerprint density at radius 1 is 1.47 bits per heavy atom. The number of halogens is 3. The van der Waals surface area contributed by atoms with Crippen molar-refractivity contribution in [2.75, 3.05) is 0 Å². The van der Waals surface area contributed by atoms with Crippen LogP contribution in [0.25, 0.3) is 0 Å². The number of rotatable bonds is 1. The molecular formula is C9H10F3NO2. The van der Waals surface area contributed by atoms with Crippen LogP contribution >= 0.6 is 0 Å². The molecular weight excluding hydrogens is 211 g/mol. The number of hydrogen-bond acceptors (Lipinski definition) is 2. The van der Waals surface area contributed by atoms with Crippen molar-refractivity contribution in [3.05, 3.63) is 27.7 Å². The van der Waals surface area contributed by atoms with Crippen molar-refractivity contribution >= 4 is 0 Å². The Kier molecular flexibility index (Phi) is 2.79. The Hall–Kier alpha value is -1.46. The van der Waals surface area contributed by atoms with Gasteiger partial charge in [0.25, 0.3) is 0 Å². The summed E-state index contributed by atoms with van der Waals surface area (Å²) in [6, 6.07) is 1.09. The summed E-state index contributed by atoms with van der Waals surface area (Å²) in [5.74, 6) is -0.833. The van der Waals surface area contributed by atoms with Crippen LogP contribution in [0.5, 0.6) is 5.75 Å². The predicted octanol–water partition coefficient (Wildman–Crippen LogP) is 1.50. The Balaban J connectivity index is 3.34. The van der Waals surface area contributed by atoms with Crippen LogP contribution in [0.1, 0.15) is 11.4 Å². The molecule has 0 aliphatic heterocycles. The predicted molar refractivity (Wildman–Crippen MR) is 47.8 cm³/mol. The highest BCUT2D eigenvalue weighted by molar-refractivity contribution is 5.30. The van der Waals surface area contributed by atoms with Gasteiger partial charge >= 0.3 is 6.18 Å². The number of aromatic hydroxyl groups is 1. The second-order valence-electron chi connectivity index (χ2n) is 3.30. The molecule has 1 aromatic rings. The highest BCUT2D eigenvalue weighted by Crippen LogP contribution is 2.24. The van der Waals surface area contributed by atoms with Gasteiger partial charge in [0, 0.05) is 18.8 Å². The third-order valence-electron chi connectivity index (χ3n) is 2.15. The van der Waals surface area contributed by atoms with E-state index in [2.05, 4.69) is 0 Å². The Morgan fingerprint density at radius 3 is 2.47 bits per heavy atom. The molecule has 15 heavy (non-hydrogen) atoms. The average molecular weight is 221 g/mol. The zero-order chi connectivity index (χ0) is 11.8. The molecule has 3 nitrogen and oxygen atoms in total. The number of pyridine rings is 1. The summed E-state index contributed by atoms with van der Waals surface area (Å²) < 4.78 is 37.6. The molecule has 0 fully saturated rings. The first-order valence-electron chi connectivity index (χ1n) is 4.17. The summed E-state index contributed by atoms with van der Waals surface area (Å²) in [6.07, 6.45) is -5.76. The van der Waals surface area contributed by atoms with E-state index in [1.165, 1.54) is 14.0 Å². The van der Waals surface area contributed by atoms with E-state index in [0.717, 1.165) is 10.6 Å². The molecule has 0 bridgehead atoms. The highest BCUT2D eigenvalue weighted by atomic mass is 19.4. The molecule has 0 radical (unpaired) electrons. The Bertz CT molecular complexity index is 434. The van der Waals surface area contributed by atoms with Crippen molar-refractivity contribution in [1.82, 2.24) is 4.57 Å². The zero-order valence-corrected chi connectivity index (χ0v) is 8.22. The van der Waals surface area contributed by atoms with Crippen molar-refractivity contribution in [2.45, 2.75) is 19.5 Å². The van der Waals surface area contributed by atoms with Gasteiger partial charge in [0.05, 0.1) is 12.1 Å². The number of alkyl halides is 3. The minimum Gasteiger partial charge on any atom is -0.503 e. The molecule has 1 heterocycles. The maximum Gasteiger partial charge on any atom is 0.394 e. The molecule has 0 saturated heterocycles. The third-order valence-corrected chi connectivity index (χ3v) is 2.15. The smallest absolute Gasteiger partial charge is 0.394 e. The molecule has 0 aliphatic carbocycles. The lowest BCUT2D eigenvalue weighted by molar-refractivity contribution is -0.128. The van der Waals surface area contributed by atoms with Gasteiger partial charge in [0.15, 0.2) is 5.75 Å². The summed E-state index contributed by atoms with van der Waals surface area (Å²) >= 11 is 0. The summed E-state index contributed by atoms with van der Waals surface area (Å²) in [7, 11) is 1.37. The lowest BCUT2D eigenvalue weighted by Gasteiger charge is -2.14. The van der Waals surface area contributed by atoms with Gasteiger partial charge in [0.1, 0.15) is 0 Å². The van der Waals surface area contributed by atoms with Crippen LogP contribution in [0.2, 0.25) is 0 Å². The van der Waals surface area contributed by atoms with Crippen molar-refractivity contribution in [3.63, 3.8) is 0 Å². The molecule has 0 aromatic carbocycles. The van der Waals surface area contributed by atoms with E-state index in [1.807, 2.05) is 0 Å². The summed E-state index contributed by atoms with van der Waals surface area (Å²) in [5, 5.41) is 9.23. The fourth-order valence-electron chi connectivity index (χ4n) is 1.26. The normalized spacial score (nSPS) is 11.8. The fraction of sp³-hybridized carbons (Fsp3) is 0.444. The molecule has 0 atom stereocenters. The minimum absolute atomic E-state index is 0.372. The zero-order valence-electron chi connectivity index (χ0n) is 8.22. The lowest BCUT2D eigenvalue weighted by Crippen LogP contribution is -2.20. The van der Waals surface area contributed by atoms with Crippen LogP contribution in [0, 0.1) is 6.92 Å². The van der Waals surface area contributed by atoms with Crippen LogP contribution in [-0.2, 0) is 13.5 Å². The molecule has 1 rings (SSSR count). The van der Waals surface area contributed by atoms with E-state index in [-0.39, 0.29) is 0 Å². The van der Waals surface area contributed by atoms with E-state index in [0.29, 0.717) is 5.69 Å². The maximum atomic E-state index is 12.1.